The lowest BCUT2D eigenvalue weighted by molar-refractivity contribution is -0.136. The Morgan fingerprint density at radius 3 is 2.89 bits per heavy atom. The number of hydrogen-bond donors (Lipinski definition) is 0. The second kappa shape index (κ2) is 5.74. The first-order chi connectivity index (χ1) is 9.33. The first-order valence-corrected chi connectivity index (χ1v) is 7.29. The summed E-state index contributed by atoms with van der Waals surface area (Å²) in [6.45, 7) is 2.44. The molecule has 0 bridgehead atoms. The fourth-order valence-electron chi connectivity index (χ4n) is 3.00. The number of ether oxygens (including phenoxy) is 1. The van der Waals surface area contributed by atoms with Gasteiger partial charge in [0.2, 0.25) is 5.91 Å². The van der Waals surface area contributed by atoms with E-state index in [1.54, 1.807) is 0 Å². The van der Waals surface area contributed by atoms with Crippen molar-refractivity contribution in [3.05, 3.63) is 35.4 Å². The van der Waals surface area contributed by atoms with Crippen molar-refractivity contribution in [3.63, 3.8) is 0 Å². The number of carbonyl (C=O) groups excluding carboxylic acids is 1. The first kappa shape index (κ1) is 12.7. The molecule has 19 heavy (non-hydrogen) atoms. The number of amides is 1. The normalized spacial score (nSPS) is 22.9. The summed E-state index contributed by atoms with van der Waals surface area (Å²) in [5, 5.41) is 0. The van der Waals surface area contributed by atoms with Crippen LogP contribution in [0.4, 0.5) is 0 Å². The Kier molecular flexibility index (Phi) is 3.83. The summed E-state index contributed by atoms with van der Waals surface area (Å²) in [4.78, 5) is 14.3. The third-order valence-electron chi connectivity index (χ3n) is 4.16. The second-order valence-corrected chi connectivity index (χ2v) is 5.53. The van der Waals surface area contributed by atoms with Crippen molar-refractivity contribution < 1.29 is 9.53 Å². The lowest BCUT2D eigenvalue weighted by Gasteiger charge is -2.31. The zero-order chi connectivity index (χ0) is 13.1. The maximum Gasteiger partial charge on any atom is 0.225 e. The van der Waals surface area contributed by atoms with E-state index in [1.807, 2.05) is 4.90 Å². The molecular weight excluding hydrogens is 238 g/mol. The maximum atomic E-state index is 12.3. The largest absolute Gasteiger partial charge is 0.378 e. The van der Waals surface area contributed by atoms with Gasteiger partial charge in [-0.2, -0.15) is 0 Å². The van der Waals surface area contributed by atoms with Gasteiger partial charge < -0.3 is 9.64 Å². The molecule has 1 aromatic carbocycles. The van der Waals surface area contributed by atoms with Gasteiger partial charge >= 0.3 is 0 Å². The van der Waals surface area contributed by atoms with Crippen molar-refractivity contribution in [1.29, 1.82) is 0 Å². The minimum Gasteiger partial charge on any atom is -0.378 e. The summed E-state index contributed by atoms with van der Waals surface area (Å²) in [7, 11) is 0. The van der Waals surface area contributed by atoms with Crippen LogP contribution in [-0.2, 0) is 22.5 Å². The van der Waals surface area contributed by atoms with E-state index in [0.29, 0.717) is 6.42 Å². The molecule has 2 heterocycles. The molecule has 0 saturated carbocycles. The number of fused-ring (bicyclic) bond motifs is 1. The van der Waals surface area contributed by atoms with Gasteiger partial charge in [-0.15, -0.1) is 0 Å². The Hall–Kier alpha value is -1.35. The molecule has 102 valence electrons. The van der Waals surface area contributed by atoms with Crippen molar-refractivity contribution >= 4 is 5.91 Å². The van der Waals surface area contributed by atoms with Gasteiger partial charge in [0.15, 0.2) is 0 Å². The maximum absolute atomic E-state index is 12.3. The molecular formula is C16H21NO2. The minimum atomic E-state index is 0.151. The average Bonchev–Trinajstić information content (AvgIpc) is 2.48. The van der Waals surface area contributed by atoms with Gasteiger partial charge in [0.25, 0.3) is 0 Å². The van der Waals surface area contributed by atoms with E-state index in [9.17, 15) is 4.79 Å². The quantitative estimate of drug-likeness (QED) is 0.817. The monoisotopic (exact) mass is 259 g/mol. The summed E-state index contributed by atoms with van der Waals surface area (Å²) < 4.78 is 5.66. The molecule has 1 atom stereocenters. The molecule has 0 radical (unpaired) electrons. The standard InChI is InChI=1S/C16H21NO2/c18-16(11-15-7-3-4-10-19-15)17-9-8-13-5-1-2-6-14(13)12-17/h1-2,5-6,15H,3-4,7-12H2. The van der Waals surface area contributed by atoms with Crippen molar-refractivity contribution in [1.82, 2.24) is 4.90 Å². The molecule has 0 aliphatic carbocycles. The summed E-state index contributed by atoms with van der Waals surface area (Å²) in [6.07, 6.45) is 5.06. The number of nitrogens with zero attached hydrogens (tertiary/aromatic N) is 1. The van der Waals surface area contributed by atoms with E-state index >= 15 is 0 Å². The van der Waals surface area contributed by atoms with Gasteiger partial charge in [-0.25, -0.2) is 0 Å². The summed E-state index contributed by atoms with van der Waals surface area (Å²) in [5.74, 6) is 0.251. The predicted molar refractivity (Wildman–Crippen MR) is 73.8 cm³/mol. The molecule has 1 amide bonds. The second-order valence-electron chi connectivity index (χ2n) is 5.53. The first-order valence-electron chi connectivity index (χ1n) is 7.29. The Morgan fingerprint density at radius 2 is 2.11 bits per heavy atom. The minimum absolute atomic E-state index is 0.151. The highest BCUT2D eigenvalue weighted by atomic mass is 16.5. The van der Waals surface area contributed by atoms with Crippen LogP contribution in [0.2, 0.25) is 0 Å². The van der Waals surface area contributed by atoms with Gasteiger partial charge in [-0.05, 0) is 36.8 Å². The Balaban J connectivity index is 1.59. The number of rotatable bonds is 2. The third-order valence-corrected chi connectivity index (χ3v) is 4.16. The van der Waals surface area contributed by atoms with Gasteiger partial charge in [0, 0.05) is 19.7 Å². The van der Waals surface area contributed by atoms with Gasteiger partial charge in [-0.1, -0.05) is 24.3 Å². The SMILES string of the molecule is O=C(CC1CCCCO1)N1CCc2ccccc2C1. The molecule has 1 aromatic rings. The molecule has 3 nitrogen and oxygen atoms in total. The van der Waals surface area contributed by atoms with Crippen molar-refractivity contribution in [3.8, 4) is 0 Å². The summed E-state index contributed by atoms with van der Waals surface area (Å²) in [5.41, 5.74) is 2.69. The fraction of sp³-hybridized carbons (Fsp3) is 0.562. The Morgan fingerprint density at radius 1 is 1.26 bits per heavy atom. The lowest BCUT2D eigenvalue weighted by atomic mass is 9.99. The highest BCUT2D eigenvalue weighted by molar-refractivity contribution is 5.77. The lowest BCUT2D eigenvalue weighted by Crippen LogP contribution is -2.38. The molecule has 2 aliphatic rings. The van der Waals surface area contributed by atoms with Crippen molar-refractivity contribution in [2.75, 3.05) is 13.2 Å². The van der Waals surface area contributed by atoms with Gasteiger partial charge in [-0.3, -0.25) is 4.79 Å². The van der Waals surface area contributed by atoms with Crippen LogP contribution >= 0.6 is 0 Å². The summed E-state index contributed by atoms with van der Waals surface area (Å²) >= 11 is 0. The average molecular weight is 259 g/mol. The number of hydrogen-bond acceptors (Lipinski definition) is 2. The van der Waals surface area contributed by atoms with E-state index in [0.717, 1.165) is 39.0 Å². The van der Waals surface area contributed by atoms with Crippen LogP contribution in [0.5, 0.6) is 0 Å². The van der Waals surface area contributed by atoms with Crippen LogP contribution < -0.4 is 0 Å². The van der Waals surface area contributed by atoms with E-state index in [4.69, 9.17) is 4.74 Å². The van der Waals surface area contributed by atoms with Crippen LogP contribution in [0.3, 0.4) is 0 Å². The van der Waals surface area contributed by atoms with Gasteiger partial charge in [0.1, 0.15) is 0 Å². The zero-order valence-electron chi connectivity index (χ0n) is 11.3. The molecule has 0 N–H and O–H groups in total. The topological polar surface area (TPSA) is 29.5 Å². The van der Waals surface area contributed by atoms with E-state index in [-0.39, 0.29) is 12.0 Å². The molecule has 3 rings (SSSR count). The van der Waals surface area contributed by atoms with Crippen LogP contribution in [0.15, 0.2) is 24.3 Å². The highest BCUT2D eigenvalue weighted by Crippen LogP contribution is 2.21. The van der Waals surface area contributed by atoms with Crippen molar-refractivity contribution in [2.45, 2.75) is 44.8 Å². The van der Waals surface area contributed by atoms with Crippen LogP contribution in [0.1, 0.15) is 36.8 Å². The molecule has 1 fully saturated rings. The summed E-state index contributed by atoms with van der Waals surface area (Å²) in [6, 6.07) is 8.43. The highest BCUT2D eigenvalue weighted by Gasteiger charge is 2.24. The molecule has 3 heteroatoms. The Labute approximate surface area is 114 Å². The van der Waals surface area contributed by atoms with E-state index in [1.165, 1.54) is 17.5 Å². The molecule has 1 saturated heterocycles. The zero-order valence-corrected chi connectivity index (χ0v) is 11.3. The predicted octanol–water partition coefficient (Wildman–Crippen LogP) is 2.53. The molecule has 0 aromatic heterocycles. The van der Waals surface area contributed by atoms with Crippen LogP contribution in [-0.4, -0.2) is 30.1 Å². The molecule has 0 spiro atoms. The van der Waals surface area contributed by atoms with E-state index < -0.39 is 0 Å². The van der Waals surface area contributed by atoms with Gasteiger partial charge in [0.05, 0.1) is 12.5 Å². The van der Waals surface area contributed by atoms with Crippen molar-refractivity contribution in [2.24, 2.45) is 0 Å². The number of carbonyl (C=O) groups is 1. The number of benzene rings is 1. The third kappa shape index (κ3) is 2.98. The molecule has 2 aliphatic heterocycles. The smallest absolute Gasteiger partial charge is 0.225 e. The van der Waals surface area contributed by atoms with Crippen LogP contribution in [0, 0.1) is 0 Å². The van der Waals surface area contributed by atoms with Crippen LogP contribution in [0.25, 0.3) is 0 Å². The fourth-order valence-corrected chi connectivity index (χ4v) is 3.00. The molecule has 1 unspecified atom stereocenters. The Bertz CT molecular complexity index is 452. The van der Waals surface area contributed by atoms with E-state index in [2.05, 4.69) is 24.3 Å².